The van der Waals surface area contributed by atoms with E-state index < -0.39 is 0 Å². The summed E-state index contributed by atoms with van der Waals surface area (Å²) in [6.45, 7) is -0.107. The number of benzene rings is 1. The van der Waals surface area contributed by atoms with E-state index in [9.17, 15) is 0 Å². The van der Waals surface area contributed by atoms with Gasteiger partial charge in [0.15, 0.2) is 0 Å². The number of aliphatic hydroxyl groups is 1. The van der Waals surface area contributed by atoms with Crippen LogP contribution >= 0.6 is 23.2 Å². The van der Waals surface area contributed by atoms with Gasteiger partial charge in [-0.15, -0.1) is 0 Å². The fraction of sp³-hybridized carbons (Fsp3) is 0.100. The van der Waals surface area contributed by atoms with Crippen molar-refractivity contribution < 1.29 is 5.11 Å². The first-order valence-corrected chi connectivity index (χ1v) is 4.82. The van der Waals surface area contributed by atoms with Crippen LogP contribution in [-0.2, 0) is 6.61 Å². The van der Waals surface area contributed by atoms with Crippen molar-refractivity contribution in [3.05, 3.63) is 40.0 Å². The van der Waals surface area contributed by atoms with E-state index in [4.69, 9.17) is 28.3 Å². The van der Waals surface area contributed by atoms with Crippen LogP contribution in [-0.4, -0.2) is 10.1 Å². The molecule has 0 bridgehead atoms. The molecule has 1 aromatic heterocycles. The molecule has 0 saturated carbocycles. The zero-order valence-electron chi connectivity index (χ0n) is 7.17. The van der Waals surface area contributed by atoms with E-state index >= 15 is 0 Å². The normalized spacial score (nSPS) is 10.8. The predicted octanol–water partition coefficient (Wildman–Crippen LogP) is 3.03. The van der Waals surface area contributed by atoms with Gasteiger partial charge in [-0.25, -0.2) is 4.98 Å². The average Bonchev–Trinajstić information content (AvgIpc) is 2.16. The lowest BCUT2D eigenvalue weighted by atomic mass is 10.2. The minimum atomic E-state index is -0.107. The van der Waals surface area contributed by atoms with E-state index in [2.05, 4.69) is 4.98 Å². The van der Waals surface area contributed by atoms with Crippen LogP contribution in [0, 0.1) is 0 Å². The summed E-state index contributed by atoms with van der Waals surface area (Å²) in [6.07, 6.45) is 0. The number of aromatic nitrogens is 1. The molecule has 0 saturated heterocycles. The topological polar surface area (TPSA) is 33.1 Å². The summed E-state index contributed by atoms with van der Waals surface area (Å²) in [6, 6.07) is 7.17. The van der Waals surface area contributed by atoms with Crippen molar-refractivity contribution in [3.8, 4) is 0 Å². The van der Waals surface area contributed by atoms with Gasteiger partial charge in [-0.2, -0.15) is 0 Å². The molecular formula is C10H7Cl2NO. The van der Waals surface area contributed by atoms with Crippen molar-refractivity contribution in [1.82, 2.24) is 4.98 Å². The summed E-state index contributed by atoms with van der Waals surface area (Å²) >= 11 is 11.7. The van der Waals surface area contributed by atoms with Crippen LogP contribution < -0.4 is 0 Å². The zero-order chi connectivity index (χ0) is 10.1. The third-order valence-electron chi connectivity index (χ3n) is 1.98. The van der Waals surface area contributed by atoms with Gasteiger partial charge in [0.25, 0.3) is 0 Å². The highest BCUT2D eigenvalue weighted by Crippen LogP contribution is 2.23. The molecule has 0 radical (unpaired) electrons. The molecule has 0 spiro atoms. The monoisotopic (exact) mass is 227 g/mol. The number of hydrogen-bond donors (Lipinski definition) is 1. The molecule has 0 unspecified atom stereocenters. The third kappa shape index (κ3) is 1.69. The van der Waals surface area contributed by atoms with Crippen LogP contribution in [0.4, 0.5) is 0 Å². The van der Waals surface area contributed by atoms with Crippen molar-refractivity contribution in [2.24, 2.45) is 0 Å². The van der Waals surface area contributed by atoms with E-state index in [1.165, 1.54) is 0 Å². The Morgan fingerprint density at radius 2 is 2.00 bits per heavy atom. The molecule has 2 nitrogen and oxygen atoms in total. The number of aliphatic hydroxyl groups excluding tert-OH is 1. The molecular weight excluding hydrogens is 221 g/mol. The van der Waals surface area contributed by atoms with Crippen LogP contribution in [0.25, 0.3) is 10.9 Å². The lowest BCUT2D eigenvalue weighted by Crippen LogP contribution is -1.89. The van der Waals surface area contributed by atoms with Crippen molar-refractivity contribution in [3.63, 3.8) is 0 Å². The molecule has 0 fully saturated rings. The summed E-state index contributed by atoms with van der Waals surface area (Å²) < 4.78 is 0. The highest BCUT2D eigenvalue weighted by atomic mass is 35.5. The third-order valence-corrected chi connectivity index (χ3v) is 2.54. The van der Waals surface area contributed by atoms with Gasteiger partial charge >= 0.3 is 0 Å². The Labute approximate surface area is 91.1 Å². The molecule has 4 heteroatoms. The number of nitrogens with zero attached hydrogens (tertiary/aromatic N) is 1. The van der Waals surface area contributed by atoms with Crippen molar-refractivity contribution >= 4 is 34.1 Å². The standard InChI is InChI=1S/C10H7Cl2NO/c11-8-2-1-6-3-7(5-14)10(12)13-9(6)4-8/h1-4,14H,5H2. The lowest BCUT2D eigenvalue weighted by molar-refractivity contribution is 0.281. The molecule has 0 amide bonds. The Balaban J connectivity index is 2.73. The second-order valence-electron chi connectivity index (χ2n) is 2.93. The van der Waals surface area contributed by atoms with E-state index in [0.29, 0.717) is 15.7 Å². The molecule has 1 heterocycles. The Hall–Kier alpha value is -0.830. The molecule has 2 rings (SSSR count). The molecule has 0 atom stereocenters. The first kappa shape index (κ1) is 9.71. The number of fused-ring (bicyclic) bond motifs is 1. The first-order chi connectivity index (χ1) is 6.70. The Morgan fingerprint density at radius 1 is 1.21 bits per heavy atom. The van der Waals surface area contributed by atoms with Gasteiger partial charge in [0.05, 0.1) is 12.1 Å². The SMILES string of the molecule is OCc1cc2ccc(Cl)cc2nc1Cl. The van der Waals surface area contributed by atoms with Gasteiger partial charge in [-0.05, 0) is 18.2 Å². The largest absolute Gasteiger partial charge is 0.392 e. The fourth-order valence-electron chi connectivity index (χ4n) is 1.27. The van der Waals surface area contributed by atoms with Crippen LogP contribution in [0.3, 0.4) is 0 Å². The molecule has 14 heavy (non-hydrogen) atoms. The summed E-state index contributed by atoms with van der Waals surface area (Å²) in [5, 5.41) is 10.8. The van der Waals surface area contributed by atoms with Crippen LogP contribution in [0.15, 0.2) is 24.3 Å². The summed E-state index contributed by atoms with van der Waals surface area (Å²) in [7, 11) is 0. The Kier molecular flexibility index (Phi) is 2.59. The van der Waals surface area contributed by atoms with Crippen molar-refractivity contribution in [2.45, 2.75) is 6.61 Å². The van der Waals surface area contributed by atoms with E-state index in [-0.39, 0.29) is 6.61 Å². The van der Waals surface area contributed by atoms with Gasteiger partial charge < -0.3 is 5.11 Å². The summed E-state index contributed by atoms with van der Waals surface area (Å²) in [5.74, 6) is 0. The smallest absolute Gasteiger partial charge is 0.135 e. The maximum atomic E-state index is 8.98. The van der Waals surface area contributed by atoms with Crippen molar-refractivity contribution in [2.75, 3.05) is 0 Å². The van der Waals surface area contributed by atoms with Gasteiger partial charge in [-0.1, -0.05) is 29.3 Å². The van der Waals surface area contributed by atoms with Crippen LogP contribution in [0.5, 0.6) is 0 Å². The summed E-state index contributed by atoms with van der Waals surface area (Å²) in [5.41, 5.74) is 1.36. The highest BCUT2D eigenvalue weighted by Gasteiger charge is 2.03. The van der Waals surface area contributed by atoms with E-state index in [0.717, 1.165) is 10.9 Å². The average molecular weight is 228 g/mol. The van der Waals surface area contributed by atoms with Crippen LogP contribution in [0.1, 0.15) is 5.56 Å². The van der Waals surface area contributed by atoms with E-state index in [1.807, 2.05) is 6.07 Å². The minimum Gasteiger partial charge on any atom is -0.392 e. The molecule has 0 aliphatic heterocycles. The minimum absolute atomic E-state index is 0.107. The second kappa shape index (κ2) is 3.73. The van der Waals surface area contributed by atoms with E-state index in [1.54, 1.807) is 18.2 Å². The van der Waals surface area contributed by atoms with Gasteiger partial charge in [-0.3, -0.25) is 0 Å². The maximum Gasteiger partial charge on any atom is 0.135 e. The van der Waals surface area contributed by atoms with Crippen molar-refractivity contribution in [1.29, 1.82) is 0 Å². The number of rotatable bonds is 1. The van der Waals surface area contributed by atoms with Crippen LogP contribution in [0.2, 0.25) is 10.2 Å². The Bertz CT molecular complexity index is 485. The number of pyridine rings is 1. The first-order valence-electron chi connectivity index (χ1n) is 4.06. The molecule has 1 aromatic carbocycles. The van der Waals surface area contributed by atoms with Gasteiger partial charge in [0, 0.05) is 16.0 Å². The zero-order valence-corrected chi connectivity index (χ0v) is 8.68. The summed E-state index contributed by atoms with van der Waals surface area (Å²) in [4.78, 5) is 4.13. The molecule has 72 valence electrons. The number of halogens is 2. The van der Waals surface area contributed by atoms with Gasteiger partial charge in [0.1, 0.15) is 5.15 Å². The molecule has 0 aliphatic carbocycles. The predicted molar refractivity (Wildman–Crippen MR) is 57.7 cm³/mol. The van der Waals surface area contributed by atoms with Gasteiger partial charge in [0.2, 0.25) is 0 Å². The lowest BCUT2D eigenvalue weighted by Gasteiger charge is -2.03. The molecule has 1 N–H and O–H groups in total. The Morgan fingerprint density at radius 3 is 2.71 bits per heavy atom. The molecule has 2 aromatic rings. The number of hydrogen-bond acceptors (Lipinski definition) is 2. The highest BCUT2D eigenvalue weighted by molar-refractivity contribution is 6.32. The molecule has 0 aliphatic rings. The quantitative estimate of drug-likeness (QED) is 0.761. The maximum absolute atomic E-state index is 8.98. The second-order valence-corrected chi connectivity index (χ2v) is 3.73. The fourth-order valence-corrected chi connectivity index (χ4v) is 1.64.